The third kappa shape index (κ3) is 2.03. The Morgan fingerprint density at radius 3 is 2.75 bits per heavy atom. The second-order valence-electron chi connectivity index (χ2n) is 3.37. The van der Waals surface area contributed by atoms with Crippen molar-refractivity contribution >= 4 is 15.9 Å². The van der Waals surface area contributed by atoms with Gasteiger partial charge in [0.2, 0.25) is 5.89 Å². The van der Waals surface area contributed by atoms with Gasteiger partial charge in [0, 0.05) is 16.5 Å². The van der Waals surface area contributed by atoms with E-state index in [1.54, 1.807) is 0 Å². The summed E-state index contributed by atoms with van der Waals surface area (Å²) in [5.41, 5.74) is 1.79. The van der Waals surface area contributed by atoms with Gasteiger partial charge < -0.3 is 9.52 Å². The van der Waals surface area contributed by atoms with Crippen LogP contribution in [-0.2, 0) is 13.0 Å². The van der Waals surface area contributed by atoms with Crippen molar-refractivity contribution in [2.75, 3.05) is 0 Å². The molecule has 0 radical (unpaired) electrons. The number of halogens is 1. The maximum atomic E-state index is 9.02. The van der Waals surface area contributed by atoms with Gasteiger partial charge >= 0.3 is 0 Å². The fraction of sp³-hybridized carbons (Fsp3) is 0.250. The maximum absolute atomic E-state index is 9.02. The topological polar surface area (TPSA) is 46.3 Å². The van der Waals surface area contributed by atoms with E-state index in [4.69, 9.17) is 9.52 Å². The van der Waals surface area contributed by atoms with Crippen molar-refractivity contribution in [3.63, 3.8) is 0 Å². The molecule has 0 bridgehead atoms. The number of aromatic nitrogens is 1. The number of nitrogens with zero attached hydrogens (tertiary/aromatic N) is 1. The average Bonchev–Trinajstić information content (AvgIpc) is 2.72. The summed E-state index contributed by atoms with van der Waals surface area (Å²) < 4.78 is 6.42. The van der Waals surface area contributed by atoms with E-state index in [2.05, 4.69) is 20.9 Å². The fourth-order valence-corrected chi connectivity index (χ4v) is 2.04. The molecule has 1 aromatic heterocycles. The lowest BCUT2D eigenvalue weighted by atomic mass is 10.1. The van der Waals surface area contributed by atoms with E-state index >= 15 is 0 Å². The highest BCUT2D eigenvalue weighted by Crippen LogP contribution is 2.30. The van der Waals surface area contributed by atoms with Crippen LogP contribution < -0.4 is 0 Å². The van der Waals surface area contributed by atoms with E-state index in [0.717, 1.165) is 27.9 Å². The lowest BCUT2D eigenvalue weighted by Gasteiger charge is -2.01. The maximum Gasteiger partial charge on any atom is 0.220 e. The number of aliphatic hydroxyl groups is 1. The first-order valence-electron chi connectivity index (χ1n) is 5.10. The highest BCUT2D eigenvalue weighted by molar-refractivity contribution is 9.10. The molecule has 84 valence electrons. The molecule has 1 heterocycles. The molecule has 0 amide bonds. The molecule has 1 aromatic carbocycles. The summed E-state index contributed by atoms with van der Waals surface area (Å²) >= 11 is 3.48. The highest BCUT2D eigenvalue weighted by Gasteiger charge is 2.14. The molecule has 0 atom stereocenters. The van der Waals surface area contributed by atoms with Crippen molar-refractivity contribution in [1.29, 1.82) is 0 Å². The Kier molecular flexibility index (Phi) is 3.41. The molecule has 16 heavy (non-hydrogen) atoms. The van der Waals surface area contributed by atoms with Crippen LogP contribution in [0.5, 0.6) is 0 Å². The number of benzene rings is 1. The van der Waals surface area contributed by atoms with Gasteiger partial charge in [-0.25, -0.2) is 4.98 Å². The van der Waals surface area contributed by atoms with Gasteiger partial charge in [-0.2, -0.15) is 0 Å². The molecule has 4 heteroatoms. The molecule has 0 spiro atoms. The van der Waals surface area contributed by atoms with E-state index in [1.807, 2.05) is 31.2 Å². The lowest BCUT2D eigenvalue weighted by Crippen LogP contribution is -1.86. The monoisotopic (exact) mass is 281 g/mol. The second-order valence-corrected chi connectivity index (χ2v) is 4.23. The Bertz CT molecular complexity index is 494. The van der Waals surface area contributed by atoms with Crippen molar-refractivity contribution in [3.8, 4) is 11.3 Å². The third-order valence-corrected chi connectivity index (χ3v) is 3.02. The van der Waals surface area contributed by atoms with Crippen LogP contribution in [-0.4, -0.2) is 10.1 Å². The Morgan fingerprint density at radius 1 is 1.38 bits per heavy atom. The Hall–Kier alpha value is -1.13. The Labute approximate surface area is 102 Å². The summed E-state index contributed by atoms with van der Waals surface area (Å²) in [5, 5.41) is 9.02. The van der Waals surface area contributed by atoms with Crippen LogP contribution in [0.3, 0.4) is 0 Å². The minimum Gasteiger partial charge on any atom is -0.443 e. The van der Waals surface area contributed by atoms with Crippen molar-refractivity contribution in [2.45, 2.75) is 20.0 Å². The molecule has 3 nitrogen and oxygen atoms in total. The minimum absolute atomic E-state index is 0.169. The molecular weight excluding hydrogens is 270 g/mol. The SMILES string of the molecule is CCc1oc(CO)nc1-c1ccccc1Br. The molecule has 0 fully saturated rings. The van der Waals surface area contributed by atoms with Gasteiger partial charge in [-0.15, -0.1) is 0 Å². The molecule has 0 unspecified atom stereocenters. The zero-order chi connectivity index (χ0) is 11.5. The first-order valence-corrected chi connectivity index (χ1v) is 5.90. The first-order chi connectivity index (χ1) is 7.76. The molecule has 2 aromatic rings. The highest BCUT2D eigenvalue weighted by atomic mass is 79.9. The smallest absolute Gasteiger partial charge is 0.220 e. The molecule has 2 rings (SSSR count). The molecule has 0 saturated heterocycles. The van der Waals surface area contributed by atoms with Gasteiger partial charge in [0.1, 0.15) is 18.1 Å². The van der Waals surface area contributed by atoms with Gasteiger partial charge in [-0.1, -0.05) is 41.1 Å². The van der Waals surface area contributed by atoms with Crippen LogP contribution in [0, 0.1) is 0 Å². The van der Waals surface area contributed by atoms with Gasteiger partial charge in [-0.05, 0) is 6.07 Å². The summed E-state index contributed by atoms with van der Waals surface area (Å²) in [6, 6.07) is 7.84. The van der Waals surface area contributed by atoms with Crippen LogP contribution in [0.2, 0.25) is 0 Å². The minimum atomic E-state index is -0.169. The van der Waals surface area contributed by atoms with Crippen LogP contribution in [0.4, 0.5) is 0 Å². The van der Waals surface area contributed by atoms with Gasteiger partial charge in [0.15, 0.2) is 0 Å². The van der Waals surface area contributed by atoms with Crippen molar-refractivity contribution in [1.82, 2.24) is 4.98 Å². The summed E-state index contributed by atoms with van der Waals surface area (Å²) in [6.07, 6.45) is 0.754. The number of rotatable bonds is 3. The largest absolute Gasteiger partial charge is 0.443 e. The number of hydrogen-bond donors (Lipinski definition) is 1. The molecular formula is C12H12BrNO2. The standard InChI is InChI=1S/C12H12BrNO2/c1-2-10-12(14-11(7-15)16-10)8-5-3-4-6-9(8)13/h3-6,15H,2,7H2,1H3. The van der Waals surface area contributed by atoms with Gasteiger partial charge in [0.25, 0.3) is 0 Å². The fourth-order valence-electron chi connectivity index (χ4n) is 1.57. The van der Waals surface area contributed by atoms with Crippen LogP contribution >= 0.6 is 15.9 Å². The summed E-state index contributed by atoms with van der Waals surface area (Å²) in [6.45, 7) is 1.83. The van der Waals surface area contributed by atoms with E-state index < -0.39 is 0 Å². The second kappa shape index (κ2) is 4.80. The molecule has 0 aliphatic rings. The number of aryl methyl sites for hydroxylation is 1. The van der Waals surface area contributed by atoms with Crippen LogP contribution in [0.25, 0.3) is 11.3 Å². The first kappa shape index (κ1) is 11.4. The lowest BCUT2D eigenvalue weighted by molar-refractivity contribution is 0.237. The van der Waals surface area contributed by atoms with Crippen LogP contribution in [0.1, 0.15) is 18.6 Å². The molecule has 0 aliphatic heterocycles. The van der Waals surface area contributed by atoms with Crippen LogP contribution in [0.15, 0.2) is 33.2 Å². The van der Waals surface area contributed by atoms with E-state index in [-0.39, 0.29) is 6.61 Å². The van der Waals surface area contributed by atoms with E-state index in [0.29, 0.717) is 5.89 Å². The van der Waals surface area contributed by atoms with Crippen molar-refractivity contribution < 1.29 is 9.52 Å². The normalized spacial score (nSPS) is 10.7. The Morgan fingerprint density at radius 2 is 2.12 bits per heavy atom. The zero-order valence-electron chi connectivity index (χ0n) is 8.90. The summed E-state index contributed by atoms with van der Waals surface area (Å²) in [5.74, 6) is 1.17. The average molecular weight is 282 g/mol. The van der Waals surface area contributed by atoms with Gasteiger partial charge in [0.05, 0.1) is 0 Å². The number of aliphatic hydroxyl groups excluding tert-OH is 1. The third-order valence-electron chi connectivity index (χ3n) is 2.33. The summed E-state index contributed by atoms with van der Waals surface area (Å²) in [4.78, 5) is 4.28. The van der Waals surface area contributed by atoms with Gasteiger partial charge in [-0.3, -0.25) is 0 Å². The van der Waals surface area contributed by atoms with E-state index in [9.17, 15) is 0 Å². The van der Waals surface area contributed by atoms with Crippen molar-refractivity contribution in [2.24, 2.45) is 0 Å². The van der Waals surface area contributed by atoms with Crippen molar-refractivity contribution in [3.05, 3.63) is 40.4 Å². The predicted octanol–water partition coefficient (Wildman–Crippen LogP) is 3.16. The molecule has 0 aliphatic carbocycles. The zero-order valence-corrected chi connectivity index (χ0v) is 10.5. The quantitative estimate of drug-likeness (QED) is 0.940. The number of oxazole rings is 1. The summed E-state index contributed by atoms with van der Waals surface area (Å²) in [7, 11) is 0. The van der Waals surface area contributed by atoms with E-state index in [1.165, 1.54) is 0 Å². The molecule has 1 N–H and O–H groups in total. The number of hydrogen-bond acceptors (Lipinski definition) is 3. The predicted molar refractivity (Wildman–Crippen MR) is 64.9 cm³/mol. The Balaban J connectivity index is 2.54. The molecule has 0 saturated carbocycles.